The molecule has 0 saturated carbocycles. The van der Waals surface area contributed by atoms with Crippen LogP contribution in [0.4, 0.5) is 0 Å². The van der Waals surface area contributed by atoms with Crippen molar-refractivity contribution < 1.29 is 13.2 Å². The number of hydrogen-bond acceptors (Lipinski definition) is 4. The minimum atomic E-state index is -3.55. The third kappa shape index (κ3) is 3.12. The Morgan fingerprint density at radius 2 is 1.71 bits per heavy atom. The first-order valence-corrected chi connectivity index (χ1v) is 10.5. The lowest BCUT2D eigenvalue weighted by atomic mass is 10.1. The highest BCUT2D eigenvalue weighted by Gasteiger charge is 2.19. The van der Waals surface area contributed by atoms with Gasteiger partial charge in [0, 0.05) is 29.0 Å². The molecule has 1 N–H and O–H groups in total. The van der Waals surface area contributed by atoms with Gasteiger partial charge < -0.3 is 9.98 Å². The van der Waals surface area contributed by atoms with Gasteiger partial charge in [0.05, 0.1) is 16.3 Å². The summed E-state index contributed by atoms with van der Waals surface area (Å²) in [6.07, 6.45) is 1.96. The molecule has 3 aromatic carbocycles. The van der Waals surface area contributed by atoms with E-state index in [1.54, 1.807) is 41.0 Å². The number of aromatic nitrogens is 1. The van der Waals surface area contributed by atoms with Gasteiger partial charge in [-0.2, -0.15) is 0 Å². The average Bonchev–Trinajstić information content (AvgIpc) is 3.08. The lowest BCUT2D eigenvalue weighted by Crippen LogP contribution is -2.15. The second kappa shape index (κ2) is 7.05. The van der Waals surface area contributed by atoms with Gasteiger partial charge in [-0.05, 0) is 29.1 Å². The maximum Gasteiger partial charge on any atom is 0.180 e. The van der Waals surface area contributed by atoms with Crippen LogP contribution in [0.3, 0.4) is 0 Å². The Morgan fingerprint density at radius 3 is 2.50 bits per heavy atom. The highest BCUT2D eigenvalue weighted by Crippen LogP contribution is 2.25. The summed E-state index contributed by atoms with van der Waals surface area (Å²) >= 11 is 0. The third-order valence-corrected chi connectivity index (χ3v) is 6.66. The molecule has 0 bridgehead atoms. The molecule has 140 valence electrons. The summed E-state index contributed by atoms with van der Waals surface area (Å²) in [6.45, 7) is 0.157. The topological polar surface area (TPSA) is 80.0 Å². The summed E-state index contributed by atoms with van der Waals surface area (Å²) in [4.78, 5) is 11.8. The van der Waals surface area contributed by atoms with E-state index in [1.807, 2.05) is 30.3 Å². The van der Waals surface area contributed by atoms with Crippen molar-refractivity contribution in [3.63, 3.8) is 0 Å². The number of benzene rings is 3. The average molecular weight is 390 g/mol. The lowest BCUT2D eigenvalue weighted by molar-refractivity contribution is 0.111. The molecule has 5 nitrogen and oxygen atoms in total. The van der Waals surface area contributed by atoms with E-state index < -0.39 is 9.84 Å². The Labute approximate surface area is 162 Å². The molecule has 1 heterocycles. The molecule has 0 amide bonds. The predicted molar refractivity (Wildman–Crippen MR) is 111 cm³/mol. The summed E-state index contributed by atoms with van der Waals surface area (Å²) in [5, 5.41) is 9.85. The van der Waals surface area contributed by atoms with Gasteiger partial charge in [0.25, 0.3) is 0 Å². The fourth-order valence-electron chi connectivity index (χ4n) is 3.52. The molecule has 0 fully saturated rings. The van der Waals surface area contributed by atoms with Crippen molar-refractivity contribution in [2.45, 2.75) is 11.4 Å². The third-order valence-electron chi connectivity index (χ3n) is 4.92. The monoisotopic (exact) mass is 390 g/mol. The first kappa shape index (κ1) is 18.1. The van der Waals surface area contributed by atoms with E-state index in [9.17, 15) is 13.2 Å². The van der Waals surface area contributed by atoms with Crippen LogP contribution in [-0.4, -0.2) is 31.2 Å². The second-order valence-electron chi connectivity index (χ2n) is 6.60. The Hall–Kier alpha value is -3.25. The van der Waals surface area contributed by atoms with Crippen LogP contribution >= 0.6 is 0 Å². The van der Waals surface area contributed by atoms with E-state index in [4.69, 9.17) is 5.41 Å². The van der Waals surface area contributed by atoms with Crippen LogP contribution in [0, 0.1) is 5.41 Å². The molecule has 0 atom stereocenters. The molecule has 0 spiro atoms. The number of sulfone groups is 1. The quantitative estimate of drug-likeness (QED) is 0.398. The highest BCUT2D eigenvalue weighted by atomic mass is 32.2. The molecule has 0 radical (unpaired) electrons. The first-order chi connectivity index (χ1) is 13.5. The van der Waals surface area contributed by atoms with Crippen LogP contribution in [-0.2, 0) is 16.4 Å². The van der Waals surface area contributed by atoms with Gasteiger partial charge >= 0.3 is 0 Å². The number of carbonyl (C=O) groups is 1. The lowest BCUT2D eigenvalue weighted by Gasteiger charge is -2.11. The number of nitrogens with zero attached hydrogens (tertiary/aromatic N) is 1. The van der Waals surface area contributed by atoms with Gasteiger partial charge in [0.1, 0.15) is 0 Å². The molecule has 0 aliphatic heterocycles. The molecule has 6 heteroatoms. The number of aldehydes is 1. The van der Waals surface area contributed by atoms with Crippen molar-refractivity contribution >= 4 is 44.0 Å². The summed E-state index contributed by atoms with van der Waals surface area (Å²) in [5.41, 5.74) is 1.86. The predicted octanol–water partition coefficient (Wildman–Crippen LogP) is 4.08. The van der Waals surface area contributed by atoms with Gasteiger partial charge in [0.15, 0.2) is 16.1 Å². The van der Waals surface area contributed by atoms with Crippen molar-refractivity contribution in [1.82, 2.24) is 4.57 Å². The SMILES string of the molecule is N=Cc1ccc2cc(C=O)n(CCS(=O)(=O)c3cccc4ccccc34)c2c1. The van der Waals surface area contributed by atoms with Gasteiger partial charge in [-0.25, -0.2) is 8.42 Å². The maximum atomic E-state index is 13.1. The van der Waals surface area contributed by atoms with Crippen LogP contribution in [0.2, 0.25) is 0 Å². The van der Waals surface area contributed by atoms with Crippen molar-refractivity contribution in [3.05, 3.63) is 78.0 Å². The molecular formula is C22H18N2O3S. The van der Waals surface area contributed by atoms with Gasteiger partial charge in [-0.1, -0.05) is 48.5 Å². The minimum Gasteiger partial charge on any atom is -0.337 e. The molecule has 0 unspecified atom stereocenters. The summed E-state index contributed by atoms with van der Waals surface area (Å²) in [6, 6.07) is 19.8. The molecule has 1 aromatic heterocycles. The minimum absolute atomic E-state index is 0.125. The Morgan fingerprint density at radius 1 is 0.929 bits per heavy atom. The van der Waals surface area contributed by atoms with Crippen molar-refractivity contribution in [2.75, 3.05) is 5.75 Å². The summed E-state index contributed by atoms with van der Waals surface area (Å²) < 4.78 is 27.8. The van der Waals surface area contributed by atoms with Crippen molar-refractivity contribution in [3.8, 4) is 0 Å². The van der Waals surface area contributed by atoms with E-state index in [0.717, 1.165) is 22.6 Å². The molecule has 4 aromatic rings. The number of carbonyl (C=O) groups excluding carboxylic acids is 1. The molecule has 0 saturated heterocycles. The standard InChI is InChI=1S/C22H18N2O3S/c23-14-16-8-9-18-13-19(15-25)24(21(18)12-16)10-11-28(26,27)22-7-3-5-17-4-1-2-6-20(17)22/h1-9,12-15,23H,10-11H2. The van der Waals surface area contributed by atoms with Gasteiger partial charge in [0.2, 0.25) is 0 Å². The van der Waals surface area contributed by atoms with Crippen LogP contribution in [0.1, 0.15) is 16.1 Å². The first-order valence-electron chi connectivity index (χ1n) is 8.83. The van der Waals surface area contributed by atoms with Crippen molar-refractivity contribution in [1.29, 1.82) is 5.41 Å². The maximum absolute atomic E-state index is 13.1. The second-order valence-corrected chi connectivity index (χ2v) is 8.68. The fraction of sp³-hybridized carbons (Fsp3) is 0.0909. The van der Waals surface area contributed by atoms with Crippen LogP contribution in [0.5, 0.6) is 0 Å². The van der Waals surface area contributed by atoms with Gasteiger partial charge in [-0.15, -0.1) is 0 Å². The van der Waals surface area contributed by atoms with E-state index >= 15 is 0 Å². The van der Waals surface area contributed by atoms with Gasteiger partial charge in [-0.3, -0.25) is 4.79 Å². The van der Waals surface area contributed by atoms with Crippen LogP contribution in [0.15, 0.2) is 71.6 Å². The van der Waals surface area contributed by atoms with Crippen LogP contribution in [0.25, 0.3) is 21.7 Å². The number of nitrogens with one attached hydrogen (secondary N) is 1. The van der Waals surface area contributed by atoms with Crippen LogP contribution < -0.4 is 0 Å². The van der Waals surface area contributed by atoms with E-state index in [-0.39, 0.29) is 12.3 Å². The molecule has 0 aliphatic rings. The Bertz CT molecular complexity index is 1320. The summed E-state index contributed by atoms with van der Waals surface area (Å²) in [7, 11) is -3.55. The number of rotatable bonds is 6. The fourth-order valence-corrected chi connectivity index (χ4v) is 4.97. The van der Waals surface area contributed by atoms with E-state index in [0.29, 0.717) is 21.5 Å². The summed E-state index contributed by atoms with van der Waals surface area (Å²) in [5.74, 6) is -0.125. The van der Waals surface area contributed by atoms with E-state index in [1.165, 1.54) is 6.21 Å². The van der Waals surface area contributed by atoms with E-state index in [2.05, 4.69) is 0 Å². The number of aryl methyl sites for hydroxylation is 1. The molecule has 4 rings (SSSR count). The highest BCUT2D eigenvalue weighted by molar-refractivity contribution is 7.91. The smallest absolute Gasteiger partial charge is 0.180 e. The number of fused-ring (bicyclic) bond motifs is 2. The zero-order valence-electron chi connectivity index (χ0n) is 15.0. The molecule has 0 aliphatic carbocycles. The number of hydrogen-bond donors (Lipinski definition) is 1. The normalized spacial score (nSPS) is 11.7. The Kier molecular flexibility index (Phi) is 4.57. The molecular weight excluding hydrogens is 372 g/mol. The zero-order valence-corrected chi connectivity index (χ0v) is 15.8. The largest absolute Gasteiger partial charge is 0.337 e. The Balaban J connectivity index is 1.74. The molecule has 28 heavy (non-hydrogen) atoms. The van der Waals surface area contributed by atoms with Crippen molar-refractivity contribution in [2.24, 2.45) is 0 Å². The zero-order chi connectivity index (χ0) is 19.7.